The summed E-state index contributed by atoms with van der Waals surface area (Å²) >= 11 is 0. The summed E-state index contributed by atoms with van der Waals surface area (Å²) in [5.41, 5.74) is 1.80. The first kappa shape index (κ1) is 18.7. The number of hydrogen-bond acceptors (Lipinski definition) is 6. The Morgan fingerprint density at radius 2 is 1.96 bits per heavy atom. The summed E-state index contributed by atoms with van der Waals surface area (Å²) in [4.78, 5) is 10.4. The maximum atomic E-state index is 11.8. The molecule has 0 heterocycles. The van der Waals surface area contributed by atoms with Crippen LogP contribution in [0.1, 0.15) is 11.1 Å². The molecule has 2 aromatic rings. The molecule has 2 rings (SSSR count). The second-order valence-electron chi connectivity index (χ2n) is 5.67. The zero-order valence-electron chi connectivity index (χ0n) is 14.3. The van der Waals surface area contributed by atoms with Crippen molar-refractivity contribution in [3.05, 3.63) is 57.6 Å². The first-order valence-electron chi connectivity index (χ1n) is 7.59. The fourth-order valence-corrected chi connectivity index (χ4v) is 3.45. The first-order chi connectivity index (χ1) is 11.7. The van der Waals surface area contributed by atoms with Crippen molar-refractivity contribution in [1.29, 1.82) is 0 Å². The Bertz CT molecular complexity index is 894. The molecule has 0 radical (unpaired) electrons. The topological polar surface area (TPSA) is 98.5 Å². The van der Waals surface area contributed by atoms with Gasteiger partial charge >= 0.3 is 5.69 Å². The van der Waals surface area contributed by atoms with E-state index in [-0.39, 0.29) is 10.6 Å². The van der Waals surface area contributed by atoms with Gasteiger partial charge in [-0.15, -0.1) is 0 Å². The highest BCUT2D eigenvalue weighted by molar-refractivity contribution is 7.90. The minimum absolute atomic E-state index is 0.180. The fraction of sp³-hybridized carbons (Fsp3) is 0.294. The maximum absolute atomic E-state index is 11.8. The van der Waals surface area contributed by atoms with Gasteiger partial charge in [0.15, 0.2) is 9.84 Å². The van der Waals surface area contributed by atoms with Gasteiger partial charge in [0.2, 0.25) is 0 Å². The van der Waals surface area contributed by atoms with E-state index in [1.54, 1.807) is 7.11 Å². The highest BCUT2D eigenvalue weighted by Gasteiger charge is 2.25. The molecule has 0 bridgehead atoms. The van der Waals surface area contributed by atoms with Gasteiger partial charge in [-0.3, -0.25) is 10.1 Å². The molecule has 8 heteroatoms. The summed E-state index contributed by atoms with van der Waals surface area (Å²) < 4.78 is 28.9. The van der Waals surface area contributed by atoms with Gasteiger partial charge in [-0.1, -0.05) is 23.8 Å². The van der Waals surface area contributed by atoms with Crippen LogP contribution in [0, 0.1) is 17.0 Å². The number of aryl methyl sites for hydroxylation is 1. The molecule has 0 atom stereocenters. The number of hydrogen-bond donors (Lipinski definition) is 1. The van der Waals surface area contributed by atoms with Gasteiger partial charge in [0.05, 0.1) is 12.0 Å². The van der Waals surface area contributed by atoms with Crippen molar-refractivity contribution in [2.45, 2.75) is 18.2 Å². The van der Waals surface area contributed by atoms with Crippen LogP contribution >= 0.6 is 0 Å². The number of rotatable bonds is 7. The van der Waals surface area contributed by atoms with Crippen LogP contribution in [0.4, 0.5) is 11.4 Å². The van der Waals surface area contributed by atoms with E-state index in [1.165, 1.54) is 18.2 Å². The van der Waals surface area contributed by atoms with Crippen molar-refractivity contribution < 1.29 is 18.1 Å². The van der Waals surface area contributed by atoms with Gasteiger partial charge in [0.25, 0.3) is 0 Å². The fourth-order valence-electron chi connectivity index (χ4n) is 2.59. The number of nitrogens with zero attached hydrogens (tertiary/aromatic N) is 1. The first-order valence-corrected chi connectivity index (χ1v) is 9.48. The van der Waals surface area contributed by atoms with Crippen LogP contribution < -0.4 is 10.1 Å². The van der Waals surface area contributed by atoms with E-state index in [4.69, 9.17) is 4.74 Å². The Kier molecular flexibility index (Phi) is 5.63. The van der Waals surface area contributed by atoms with Crippen LogP contribution in [0.25, 0.3) is 0 Å². The lowest BCUT2D eigenvalue weighted by Crippen LogP contribution is -2.10. The van der Waals surface area contributed by atoms with Crippen molar-refractivity contribution in [3.63, 3.8) is 0 Å². The van der Waals surface area contributed by atoms with Crippen LogP contribution in [0.2, 0.25) is 0 Å². The van der Waals surface area contributed by atoms with Crippen molar-refractivity contribution in [2.24, 2.45) is 0 Å². The lowest BCUT2D eigenvalue weighted by molar-refractivity contribution is -0.386. The number of benzene rings is 2. The molecule has 7 nitrogen and oxygen atoms in total. The number of methoxy groups -OCH3 is 1. The quantitative estimate of drug-likeness (QED) is 0.599. The molecule has 0 saturated carbocycles. The standard InChI is InChI=1S/C17H20N2O5S/c1-12-7-8-15(24-2)13(11-12)9-10-18-14-5-4-6-16(25(3,22)23)17(14)19(20)21/h4-8,11,18H,9-10H2,1-3H3. The average Bonchev–Trinajstić information content (AvgIpc) is 2.54. The summed E-state index contributed by atoms with van der Waals surface area (Å²) in [6, 6.07) is 10.0. The Labute approximate surface area is 146 Å². The molecule has 1 N–H and O–H groups in total. The van der Waals surface area contributed by atoms with E-state index >= 15 is 0 Å². The lowest BCUT2D eigenvalue weighted by atomic mass is 10.1. The summed E-state index contributed by atoms with van der Waals surface area (Å²) in [6.45, 7) is 2.37. The summed E-state index contributed by atoms with van der Waals surface area (Å²) in [6.07, 6.45) is 1.53. The van der Waals surface area contributed by atoms with Gasteiger partial charge in [0.1, 0.15) is 16.3 Å². The zero-order chi connectivity index (χ0) is 18.6. The largest absolute Gasteiger partial charge is 0.496 e. The lowest BCUT2D eigenvalue weighted by Gasteiger charge is -2.12. The van der Waals surface area contributed by atoms with Crippen LogP contribution in [0.3, 0.4) is 0 Å². The number of anilines is 1. The Hall–Kier alpha value is -2.61. The Morgan fingerprint density at radius 3 is 2.56 bits per heavy atom. The highest BCUT2D eigenvalue weighted by atomic mass is 32.2. The normalized spacial score (nSPS) is 11.2. The van der Waals surface area contributed by atoms with Crippen molar-refractivity contribution >= 4 is 21.2 Å². The summed E-state index contributed by atoms with van der Waals surface area (Å²) in [5.74, 6) is 0.742. The monoisotopic (exact) mass is 364 g/mol. The molecule has 2 aromatic carbocycles. The van der Waals surface area contributed by atoms with E-state index in [2.05, 4.69) is 5.32 Å². The van der Waals surface area contributed by atoms with Crippen molar-refractivity contribution in [3.8, 4) is 5.75 Å². The SMILES string of the molecule is COc1ccc(C)cc1CCNc1cccc(S(C)(=O)=O)c1[N+](=O)[O-]. The second kappa shape index (κ2) is 7.52. The smallest absolute Gasteiger partial charge is 0.310 e. The van der Waals surface area contributed by atoms with Crippen LogP contribution in [-0.4, -0.2) is 33.3 Å². The summed E-state index contributed by atoms with van der Waals surface area (Å²) in [5, 5.41) is 14.3. The highest BCUT2D eigenvalue weighted by Crippen LogP contribution is 2.32. The third-order valence-corrected chi connectivity index (χ3v) is 4.86. The van der Waals surface area contributed by atoms with Gasteiger partial charge in [-0.25, -0.2) is 8.42 Å². The summed E-state index contributed by atoms with van der Waals surface area (Å²) in [7, 11) is -2.11. The van der Waals surface area contributed by atoms with Crippen LogP contribution in [-0.2, 0) is 16.3 Å². The van der Waals surface area contributed by atoms with E-state index in [0.29, 0.717) is 13.0 Å². The second-order valence-corrected chi connectivity index (χ2v) is 7.66. The van der Waals surface area contributed by atoms with E-state index in [1.807, 2.05) is 25.1 Å². The van der Waals surface area contributed by atoms with Crippen LogP contribution in [0.5, 0.6) is 5.75 Å². The van der Waals surface area contributed by atoms with Gasteiger partial charge < -0.3 is 10.1 Å². The Balaban J connectivity index is 2.25. The molecule has 0 aliphatic rings. The maximum Gasteiger partial charge on any atom is 0.310 e. The number of sulfone groups is 1. The van der Waals surface area contributed by atoms with Crippen LogP contribution in [0.15, 0.2) is 41.3 Å². The third kappa shape index (κ3) is 4.48. The van der Waals surface area contributed by atoms with E-state index in [9.17, 15) is 18.5 Å². The Morgan fingerprint density at radius 1 is 1.24 bits per heavy atom. The molecule has 134 valence electrons. The van der Waals surface area contributed by atoms with Crippen molar-refractivity contribution in [1.82, 2.24) is 0 Å². The molecule has 0 saturated heterocycles. The van der Waals surface area contributed by atoms with Gasteiger partial charge in [-0.2, -0.15) is 0 Å². The molecule has 0 fully saturated rings. The minimum atomic E-state index is -3.70. The molecule has 0 amide bonds. The van der Waals surface area contributed by atoms with Crippen molar-refractivity contribution in [2.75, 3.05) is 25.2 Å². The molecular formula is C17H20N2O5S. The molecule has 0 aliphatic carbocycles. The van der Waals surface area contributed by atoms with E-state index < -0.39 is 20.4 Å². The third-order valence-electron chi connectivity index (χ3n) is 3.73. The number of nitro benzene ring substituents is 1. The molecule has 0 spiro atoms. The average molecular weight is 364 g/mol. The predicted octanol–water partition coefficient (Wildman–Crippen LogP) is 2.97. The van der Waals surface area contributed by atoms with Gasteiger partial charge in [0, 0.05) is 12.8 Å². The molecular weight excluding hydrogens is 344 g/mol. The molecule has 0 aliphatic heterocycles. The number of para-hydroxylation sites is 1. The number of nitrogens with one attached hydrogen (secondary N) is 1. The zero-order valence-corrected chi connectivity index (χ0v) is 15.1. The van der Waals surface area contributed by atoms with Gasteiger partial charge in [-0.05, 0) is 37.1 Å². The van der Waals surface area contributed by atoms with E-state index in [0.717, 1.165) is 23.1 Å². The molecule has 25 heavy (non-hydrogen) atoms. The predicted molar refractivity (Wildman–Crippen MR) is 96.1 cm³/mol. The number of nitro groups is 1. The minimum Gasteiger partial charge on any atom is -0.496 e. The number of ether oxygens (including phenoxy) is 1. The molecule has 0 unspecified atom stereocenters. The molecule has 0 aromatic heterocycles.